The fraction of sp³-hybridized carbons (Fsp3) is 0.143. The Bertz CT molecular complexity index is 537. The van der Waals surface area contributed by atoms with Gasteiger partial charge in [0, 0.05) is 21.9 Å². The van der Waals surface area contributed by atoms with Gasteiger partial charge in [-0.3, -0.25) is 9.78 Å². The maximum Gasteiger partial charge on any atom is 0.169 e. The first kappa shape index (κ1) is 12.0. The number of aryl methyl sites for hydroxylation is 1. The minimum absolute atomic E-state index is 0.0827. The minimum Gasteiger partial charge on any atom is -0.294 e. The molecule has 0 atom stereocenters. The Kier molecular flexibility index (Phi) is 3.69. The second-order valence-electron chi connectivity index (χ2n) is 3.86. The summed E-state index contributed by atoms with van der Waals surface area (Å²) in [5, 5.41) is 0. The fourth-order valence-corrected chi connectivity index (χ4v) is 2.11. The molecule has 0 aliphatic rings. The summed E-state index contributed by atoms with van der Waals surface area (Å²) in [4.78, 5) is 16.3. The molecule has 17 heavy (non-hydrogen) atoms. The van der Waals surface area contributed by atoms with E-state index in [1.54, 1.807) is 6.20 Å². The Labute approximate surface area is 109 Å². The van der Waals surface area contributed by atoms with Crippen LogP contribution in [0.1, 0.15) is 21.6 Å². The van der Waals surface area contributed by atoms with Crippen LogP contribution in [0.4, 0.5) is 0 Å². The number of carbonyl (C=O) groups is 1. The van der Waals surface area contributed by atoms with E-state index in [0.29, 0.717) is 6.42 Å². The highest BCUT2D eigenvalue weighted by Crippen LogP contribution is 2.22. The number of benzene rings is 1. The van der Waals surface area contributed by atoms with E-state index in [9.17, 15) is 4.79 Å². The third-order valence-corrected chi connectivity index (χ3v) is 3.61. The van der Waals surface area contributed by atoms with Gasteiger partial charge in [-0.05, 0) is 40.5 Å². The zero-order valence-corrected chi connectivity index (χ0v) is 11.1. The second-order valence-corrected chi connectivity index (χ2v) is 4.65. The van der Waals surface area contributed by atoms with Gasteiger partial charge in [-0.1, -0.05) is 24.3 Å². The number of aromatic nitrogens is 1. The molecule has 0 saturated carbocycles. The molecule has 0 amide bonds. The number of pyridine rings is 1. The number of nitrogens with zero attached hydrogens (tertiary/aromatic N) is 1. The molecule has 0 aliphatic carbocycles. The lowest BCUT2D eigenvalue weighted by molar-refractivity contribution is 0.0991. The van der Waals surface area contributed by atoms with Gasteiger partial charge in [-0.25, -0.2) is 0 Å². The predicted molar refractivity (Wildman–Crippen MR) is 71.2 cm³/mol. The van der Waals surface area contributed by atoms with Crippen LogP contribution in [0, 0.1) is 6.92 Å². The SMILES string of the molecule is Cc1cccc(C(=O)Cc2ccccn2)c1Br. The van der Waals surface area contributed by atoms with Crippen molar-refractivity contribution in [1.29, 1.82) is 0 Å². The van der Waals surface area contributed by atoms with Crippen molar-refractivity contribution < 1.29 is 4.79 Å². The normalized spacial score (nSPS) is 10.2. The van der Waals surface area contributed by atoms with Crippen LogP contribution in [0.2, 0.25) is 0 Å². The first-order valence-corrected chi connectivity index (χ1v) is 6.16. The molecule has 0 spiro atoms. The highest BCUT2D eigenvalue weighted by atomic mass is 79.9. The van der Waals surface area contributed by atoms with Gasteiger partial charge in [-0.15, -0.1) is 0 Å². The maximum atomic E-state index is 12.1. The van der Waals surface area contributed by atoms with E-state index in [1.807, 2.05) is 43.3 Å². The van der Waals surface area contributed by atoms with Crippen LogP contribution in [-0.2, 0) is 6.42 Å². The van der Waals surface area contributed by atoms with Crippen molar-refractivity contribution >= 4 is 21.7 Å². The van der Waals surface area contributed by atoms with Gasteiger partial charge in [0.1, 0.15) is 0 Å². The summed E-state index contributed by atoms with van der Waals surface area (Å²) in [6.07, 6.45) is 2.04. The average molecular weight is 290 g/mol. The number of halogens is 1. The maximum absolute atomic E-state index is 12.1. The summed E-state index contributed by atoms with van der Waals surface area (Å²) in [5.41, 5.74) is 2.58. The number of Topliss-reactive ketones (excluding diaryl/α,β-unsaturated/α-hetero) is 1. The molecule has 1 aromatic carbocycles. The monoisotopic (exact) mass is 289 g/mol. The van der Waals surface area contributed by atoms with Crippen molar-refractivity contribution in [3.8, 4) is 0 Å². The number of rotatable bonds is 3. The topological polar surface area (TPSA) is 30.0 Å². The molecule has 0 aliphatic heterocycles. The summed E-state index contributed by atoms with van der Waals surface area (Å²) in [7, 11) is 0. The Morgan fingerprint density at radius 2 is 2.06 bits per heavy atom. The van der Waals surface area contributed by atoms with Gasteiger partial charge in [0.05, 0.1) is 6.42 Å². The Morgan fingerprint density at radius 1 is 1.24 bits per heavy atom. The van der Waals surface area contributed by atoms with E-state index in [2.05, 4.69) is 20.9 Å². The summed E-state index contributed by atoms with van der Waals surface area (Å²) in [5.74, 6) is 0.0827. The number of hydrogen-bond acceptors (Lipinski definition) is 2. The molecule has 0 saturated heterocycles. The molecular weight excluding hydrogens is 278 g/mol. The van der Waals surface area contributed by atoms with Crippen molar-refractivity contribution in [2.45, 2.75) is 13.3 Å². The standard InChI is InChI=1S/C14H12BrNO/c1-10-5-4-7-12(14(10)15)13(17)9-11-6-2-3-8-16-11/h2-8H,9H2,1H3. The largest absolute Gasteiger partial charge is 0.294 e. The summed E-state index contributed by atoms with van der Waals surface area (Å²) < 4.78 is 0.876. The fourth-order valence-electron chi connectivity index (χ4n) is 1.63. The third-order valence-electron chi connectivity index (χ3n) is 2.56. The van der Waals surface area contributed by atoms with Crippen LogP contribution in [0.3, 0.4) is 0 Å². The molecular formula is C14H12BrNO. The second kappa shape index (κ2) is 5.23. The molecule has 0 fully saturated rings. The molecule has 0 bridgehead atoms. The molecule has 1 heterocycles. The number of hydrogen-bond donors (Lipinski definition) is 0. The molecule has 0 unspecified atom stereocenters. The van der Waals surface area contributed by atoms with Crippen molar-refractivity contribution in [2.75, 3.05) is 0 Å². The Balaban J connectivity index is 2.24. The van der Waals surface area contributed by atoms with Gasteiger partial charge < -0.3 is 0 Å². The highest BCUT2D eigenvalue weighted by Gasteiger charge is 2.12. The third kappa shape index (κ3) is 2.80. The molecule has 0 N–H and O–H groups in total. The minimum atomic E-state index is 0.0827. The zero-order chi connectivity index (χ0) is 12.3. The van der Waals surface area contributed by atoms with Gasteiger partial charge in [-0.2, -0.15) is 0 Å². The molecule has 2 nitrogen and oxygen atoms in total. The van der Waals surface area contributed by atoms with Crippen molar-refractivity contribution in [3.05, 3.63) is 63.9 Å². The van der Waals surface area contributed by atoms with E-state index in [4.69, 9.17) is 0 Å². The van der Waals surface area contributed by atoms with Gasteiger partial charge in [0.25, 0.3) is 0 Å². The van der Waals surface area contributed by atoms with E-state index >= 15 is 0 Å². The van der Waals surface area contributed by atoms with Crippen LogP contribution in [0.5, 0.6) is 0 Å². The van der Waals surface area contributed by atoms with Gasteiger partial charge in [0.2, 0.25) is 0 Å². The molecule has 3 heteroatoms. The van der Waals surface area contributed by atoms with Gasteiger partial charge in [0.15, 0.2) is 5.78 Å². The van der Waals surface area contributed by atoms with Crippen LogP contribution in [0.15, 0.2) is 47.1 Å². The van der Waals surface area contributed by atoms with Gasteiger partial charge >= 0.3 is 0 Å². The Hall–Kier alpha value is -1.48. The van der Waals surface area contributed by atoms with E-state index in [0.717, 1.165) is 21.3 Å². The van der Waals surface area contributed by atoms with Crippen molar-refractivity contribution in [3.63, 3.8) is 0 Å². The van der Waals surface area contributed by atoms with Crippen molar-refractivity contribution in [1.82, 2.24) is 4.98 Å². The lowest BCUT2D eigenvalue weighted by Crippen LogP contribution is -2.06. The summed E-state index contributed by atoms with van der Waals surface area (Å²) in [6.45, 7) is 1.97. The average Bonchev–Trinajstić information content (AvgIpc) is 2.34. The van der Waals surface area contributed by atoms with E-state index in [1.165, 1.54) is 0 Å². The van der Waals surface area contributed by atoms with Crippen LogP contribution >= 0.6 is 15.9 Å². The molecule has 86 valence electrons. The smallest absolute Gasteiger partial charge is 0.169 e. The predicted octanol–water partition coefficient (Wildman–Crippen LogP) is 3.58. The summed E-state index contributed by atoms with van der Waals surface area (Å²) in [6, 6.07) is 11.3. The number of ketones is 1. The van der Waals surface area contributed by atoms with Crippen LogP contribution in [-0.4, -0.2) is 10.8 Å². The first-order valence-electron chi connectivity index (χ1n) is 5.36. The van der Waals surface area contributed by atoms with E-state index in [-0.39, 0.29) is 5.78 Å². The molecule has 0 radical (unpaired) electrons. The zero-order valence-electron chi connectivity index (χ0n) is 9.48. The van der Waals surface area contributed by atoms with Crippen LogP contribution in [0.25, 0.3) is 0 Å². The molecule has 1 aromatic heterocycles. The lowest BCUT2D eigenvalue weighted by atomic mass is 10.0. The number of carbonyl (C=O) groups excluding carboxylic acids is 1. The Morgan fingerprint density at radius 3 is 2.76 bits per heavy atom. The van der Waals surface area contributed by atoms with Crippen molar-refractivity contribution in [2.24, 2.45) is 0 Å². The first-order chi connectivity index (χ1) is 8.18. The highest BCUT2D eigenvalue weighted by molar-refractivity contribution is 9.10. The molecule has 2 aromatic rings. The molecule has 2 rings (SSSR count). The lowest BCUT2D eigenvalue weighted by Gasteiger charge is -2.05. The van der Waals surface area contributed by atoms with Crippen LogP contribution < -0.4 is 0 Å². The quantitative estimate of drug-likeness (QED) is 0.809. The summed E-state index contributed by atoms with van der Waals surface area (Å²) >= 11 is 3.45. The van der Waals surface area contributed by atoms with E-state index < -0.39 is 0 Å².